The molecular weight excluding hydrogens is 242 g/mol. The van der Waals surface area contributed by atoms with Gasteiger partial charge in [0.25, 0.3) is 0 Å². The fraction of sp³-hybridized carbons (Fsp3) is 0.600. The molecule has 4 N–H and O–H groups in total. The fourth-order valence-corrected chi connectivity index (χ4v) is 2.32. The van der Waals surface area contributed by atoms with Crippen molar-refractivity contribution in [3.63, 3.8) is 0 Å². The zero-order valence-electron chi connectivity index (χ0n) is 12.1. The first-order valence-electron chi connectivity index (χ1n) is 6.69. The summed E-state index contributed by atoms with van der Waals surface area (Å²) in [6, 6.07) is 4.30. The first-order valence-corrected chi connectivity index (χ1v) is 6.69. The van der Waals surface area contributed by atoms with Crippen LogP contribution in [0.3, 0.4) is 0 Å². The van der Waals surface area contributed by atoms with E-state index in [1.165, 1.54) is 18.2 Å². The molecule has 0 fully saturated rings. The number of nitrogens with one attached hydrogen (secondary N) is 1. The lowest BCUT2D eigenvalue weighted by molar-refractivity contribution is 0.0363. The van der Waals surface area contributed by atoms with E-state index in [0.29, 0.717) is 24.4 Å². The standard InChI is InChI=1S/C15H25NO3/c1-10(2)8-15(4,19)9-16-11(3)13-7-12(17)5-6-14(13)18/h5-7,10-11,16-19H,8-9H2,1-4H3. The van der Waals surface area contributed by atoms with Crippen molar-refractivity contribution in [2.75, 3.05) is 6.54 Å². The molecule has 1 rings (SSSR count). The lowest BCUT2D eigenvalue weighted by atomic mass is 9.94. The highest BCUT2D eigenvalue weighted by atomic mass is 16.3. The van der Waals surface area contributed by atoms with Gasteiger partial charge < -0.3 is 20.6 Å². The molecule has 2 unspecified atom stereocenters. The Kier molecular flexibility index (Phi) is 5.20. The zero-order chi connectivity index (χ0) is 14.6. The van der Waals surface area contributed by atoms with Crippen LogP contribution in [-0.4, -0.2) is 27.5 Å². The molecule has 1 aromatic carbocycles. The zero-order valence-corrected chi connectivity index (χ0v) is 12.1. The minimum absolute atomic E-state index is 0.121. The van der Waals surface area contributed by atoms with Crippen LogP contribution in [0.25, 0.3) is 0 Å². The molecular formula is C15H25NO3. The third-order valence-corrected chi connectivity index (χ3v) is 3.11. The van der Waals surface area contributed by atoms with Gasteiger partial charge in [-0.3, -0.25) is 0 Å². The number of phenolic OH excluding ortho intramolecular Hbond substituents is 2. The minimum Gasteiger partial charge on any atom is -0.508 e. The Hall–Kier alpha value is -1.26. The Bertz CT molecular complexity index is 416. The first-order chi connectivity index (χ1) is 8.71. The average molecular weight is 267 g/mol. The molecule has 0 amide bonds. The molecule has 19 heavy (non-hydrogen) atoms. The van der Waals surface area contributed by atoms with Gasteiger partial charge in [-0.25, -0.2) is 0 Å². The van der Waals surface area contributed by atoms with Gasteiger partial charge in [-0.15, -0.1) is 0 Å². The summed E-state index contributed by atoms with van der Waals surface area (Å²) in [6.07, 6.45) is 0.707. The highest BCUT2D eigenvalue weighted by molar-refractivity contribution is 5.40. The van der Waals surface area contributed by atoms with E-state index in [9.17, 15) is 15.3 Å². The predicted molar refractivity (Wildman–Crippen MR) is 76.3 cm³/mol. The van der Waals surface area contributed by atoms with Crippen LogP contribution in [-0.2, 0) is 0 Å². The van der Waals surface area contributed by atoms with Gasteiger partial charge in [-0.1, -0.05) is 13.8 Å². The van der Waals surface area contributed by atoms with E-state index >= 15 is 0 Å². The normalized spacial score (nSPS) is 16.3. The van der Waals surface area contributed by atoms with Gasteiger partial charge in [0, 0.05) is 18.2 Å². The molecule has 108 valence electrons. The molecule has 0 radical (unpaired) electrons. The van der Waals surface area contributed by atoms with E-state index in [2.05, 4.69) is 19.2 Å². The number of benzene rings is 1. The van der Waals surface area contributed by atoms with Crippen molar-refractivity contribution in [3.05, 3.63) is 23.8 Å². The van der Waals surface area contributed by atoms with Gasteiger partial charge in [-0.05, 0) is 44.4 Å². The van der Waals surface area contributed by atoms with E-state index in [0.717, 1.165) is 0 Å². The second kappa shape index (κ2) is 6.26. The van der Waals surface area contributed by atoms with E-state index in [1.807, 2.05) is 6.92 Å². The number of rotatable bonds is 6. The van der Waals surface area contributed by atoms with Gasteiger partial charge in [0.15, 0.2) is 0 Å². The minimum atomic E-state index is -0.783. The van der Waals surface area contributed by atoms with Crippen molar-refractivity contribution in [1.82, 2.24) is 5.32 Å². The molecule has 4 heteroatoms. The van der Waals surface area contributed by atoms with Crippen molar-refractivity contribution < 1.29 is 15.3 Å². The first kappa shape index (κ1) is 15.8. The summed E-state index contributed by atoms with van der Waals surface area (Å²) in [4.78, 5) is 0. The van der Waals surface area contributed by atoms with Gasteiger partial charge >= 0.3 is 0 Å². The van der Waals surface area contributed by atoms with Crippen LogP contribution in [0.4, 0.5) is 0 Å². The molecule has 0 saturated carbocycles. The maximum Gasteiger partial charge on any atom is 0.120 e. The molecule has 4 nitrogen and oxygen atoms in total. The van der Waals surface area contributed by atoms with E-state index in [1.54, 1.807) is 6.92 Å². The smallest absolute Gasteiger partial charge is 0.120 e. The SMILES string of the molecule is CC(C)CC(C)(O)CNC(C)c1cc(O)ccc1O. The molecule has 0 aliphatic heterocycles. The van der Waals surface area contributed by atoms with Crippen molar-refractivity contribution in [2.24, 2.45) is 5.92 Å². The van der Waals surface area contributed by atoms with Crippen LogP contribution in [0.2, 0.25) is 0 Å². The van der Waals surface area contributed by atoms with Crippen LogP contribution < -0.4 is 5.32 Å². The Morgan fingerprint density at radius 3 is 2.42 bits per heavy atom. The number of aliphatic hydroxyl groups is 1. The van der Waals surface area contributed by atoms with Crippen LogP contribution in [0.1, 0.15) is 45.7 Å². The lowest BCUT2D eigenvalue weighted by Gasteiger charge is -2.28. The molecule has 0 heterocycles. The maximum atomic E-state index is 10.2. The van der Waals surface area contributed by atoms with Gasteiger partial charge in [0.05, 0.1) is 5.60 Å². The second-order valence-corrected chi connectivity index (χ2v) is 5.94. The van der Waals surface area contributed by atoms with E-state index in [-0.39, 0.29) is 17.5 Å². The molecule has 0 aliphatic carbocycles. The Labute approximate surface area is 115 Å². The largest absolute Gasteiger partial charge is 0.508 e. The second-order valence-electron chi connectivity index (χ2n) is 5.94. The average Bonchev–Trinajstić information content (AvgIpc) is 2.27. The highest BCUT2D eigenvalue weighted by Crippen LogP contribution is 2.28. The van der Waals surface area contributed by atoms with Crippen molar-refractivity contribution in [3.8, 4) is 11.5 Å². The number of hydrogen-bond donors (Lipinski definition) is 4. The number of phenols is 2. The van der Waals surface area contributed by atoms with Crippen molar-refractivity contribution in [2.45, 2.75) is 45.8 Å². The summed E-state index contributed by atoms with van der Waals surface area (Å²) in [7, 11) is 0. The van der Waals surface area contributed by atoms with Crippen molar-refractivity contribution in [1.29, 1.82) is 0 Å². The Morgan fingerprint density at radius 2 is 1.84 bits per heavy atom. The summed E-state index contributed by atoms with van der Waals surface area (Å²) in [5.74, 6) is 0.679. The quantitative estimate of drug-likeness (QED) is 0.598. The van der Waals surface area contributed by atoms with Gasteiger partial charge in [0.1, 0.15) is 11.5 Å². The third-order valence-electron chi connectivity index (χ3n) is 3.11. The number of aromatic hydroxyl groups is 2. The topological polar surface area (TPSA) is 72.7 Å². The van der Waals surface area contributed by atoms with Gasteiger partial charge in [0.2, 0.25) is 0 Å². The molecule has 0 saturated heterocycles. The lowest BCUT2D eigenvalue weighted by Crippen LogP contribution is -2.39. The summed E-state index contributed by atoms with van der Waals surface area (Å²) in [6.45, 7) is 8.26. The molecule has 0 aromatic heterocycles. The summed E-state index contributed by atoms with van der Waals surface area (Å²) >= 11 is 0. The summed E-state index contributed by atoms with van der Waals surface area (Å²) < 4.78 is 0. The van der Waals surface area contributed by atoms with E-state index in [4.69, 9.17) is 0 Å². The molecule has 1 aromatic rings. The van der Waals surface area contributed by atoms with Crippen LogP contribution in [0.15, 0.2) is 18.2 Å². The van der Waals surface area contributed by atoms with Crippen LogP contribution in [0, 0.1) is 5.92 Å². The van der Waals surface area contributed by atoms with Crippen molar-refractivity contribution >= 4 is 0 Å². The Balaban J connectivity index is 2.65. The fourth-order valence-electron chi connectivity index (χ4n) is 2.32. The van der Waals surface area contributed by atoms with Gasteiger partial charge in [-0.2, -0.15) is 0 Å². The third kappa shape index (κ3) is 5.09. The molecule has 0 bridgehead atoms. The molecule has 0 spiro atoms. The highest BCUT2D eigenvalue weighted by Gasteiger charge is 2.23. The Morgan fingerprint density at radius 1 is 1.21 bits per heavy atom. The monoisotopic (exact) mass is 267 g/mol. The van der Waals surface area contributed by atoms with Crippen LogP contribution >= 0.6 is 0 Å². The maximum absolute atomic E-state index is 10.2. The summed E-state index contributed by atoms with van der Waals surface area (Å²) in [5.41, 5.74) is -0.158. The molecule has 0 aliphatic rings. The predicted octanol–water partition coefficient (Wildman–Crippen LogP) is 2.55. The van der Waals surface area contributed by atoms with E-state index < -0.39 is 5.60 Å². The van der Waals surface area contributed by atoms with Crippen LogP contribution in [0.5, 0.6) is 11.5 Å². The number of hydrogen-bond acceptors (Lipinski definition) is 4. The molecule has 2 atom stereocenters. The summed E-state index contributed by atoms with van der Waals surface area (Å²) in [5, 5.41) is 32.6.